The van der Waals surface area contributed by atoms with Gasteiger partial charge in [0.15, 0.2) is 5.11 Å². The molecule has 2 aromatic rings. The second-order valence-electron chi connectivity index (χ2n) is 6.82. The molecule has 1 atom stereocenters. The maximum absolute atomic E-state index is 12.5. The number of ether oxygens (including phenoxy) is 1. The Kier molecular flexibility index (Phi) is 5.98. The second-order valence-corrected chi connectivity index (χ2v) is 7.21. The minimum absolute atomic E-state index is 0.166. The number of aryl methyl sites for hydroxylation is 1. The average molecular weight is 410 g/mol. The molecule has 1 unspecified atom stereocenters. The van der Waals surface area contributed by atoms with Crippen LogP contribution in [0.25, 0.3) is 0 Å². The first-order valence-corrected chi connectivity index (χ1v) is 9.54. The molecule has 29 heavy (non-hydrogen) atoms. The molecule has 6 nitrogen and oxygen atoms in total. The zero-order valence-electron chi connectivity index (χ0n) is 16.8. The van der Waals surface area contributed by atoms with Gasteiger partial charge in [-0.2, -0.15) is 0 Å². The number of carbonyl (C=O) groups is 2. The number of allylic oxidation sites excluding steroid dienone is 1. The zero-order chi connectivity index (χ0) is 21.1. The Hall–Kier alpha value is -3.19. The molecule has 0 aromatic heterocycles. The SMILES string of the molecule is COC(=O)C1=C(C)N(C)C(=S)NC1c1ccc(NC(=O)c2ccccc2C)cc1. The number of benzene rings is 2. The fourth-order valence-electron chi connectivity index (χ4n) is 3.24. The lowest BCUT2D eigenvalue weighted by atomic mass is 9.95. The van der Waals surface area contributed by atoms with E-state index >= 15 is 0 Å². The highest BCUT2D eigenvalue weighted by Gasteiger charge is 2.33. The van der Waals surface area contributed by atoms with Gasteiger partial charge in [-0.05, 0) is 55.4 Å². The lowest BCUT2D eigenvalue weighted by molar-refractivity contribution is -0.136. The van der Waals surface area contributed by atoms with Crippen LogP contribution in [0, 0.1) is 6.92 Å². The van der Waals surface area contributed by atoms with Crippen molar-refractivity contribution in [3.05, 3.63) is 76.5 Å². The number of nitrogens with one attached hydrogen (secondary N) is 2. The van der Waals surface area contributed by atoms with Crippen molar-refractivity contribution in [1.29, 1.82) is 0 Å². The third-order valence-electron chi connectivity index (χ3n) is 5.05. The number of thiocarbonyl (C=S) groups is 1. The zero-order valence-corrected chi connectivity index (χ0v) is 17.6. The van der Waals surface area contributed by atoms with Crippen molar-refractivity contribution in [1.82, 2.24) is 10.2 Å². The summed E-state index contributed by atoms with van der Waals surface area (Å²) in [5.41, 5.74) is 4.29. The highest BCUT2D eigenvalue weighted by Crippen LogP contribution is 2.31. The molecule has 0 saturated heterocycles. The first kappa shape index (κ1) is 20.5. The highest BCUT2D eigenvalue weighted by atomic mass is 32.1. The molecule has 1 amide bonds. The number of nitrogens with zero attached hydrogens (tertiary/aromatic N) is 1. The van der Waals surface area contributed by atoms with Gasteiger partial charge in [-0.1, -0.05) is 30.3 Å². The standard InChI is InChI=1S/C22H23N3O3S/c1-13-7-5-6-8-17(13)20(26)23-16-11-9-15(10-12-16)19-18(21(27)28-4)14(2)25(3)22(29)24-19/h5-12,19H,1-4H3,(H,23,26)(H,24,29). The lowest BCUT2D eigenvalue weighted by Gasteiger charge is -2.35. The van der Waals surface area contributed by atoms with Gasteiger partial charge in [-0.3, -0.25) is 4.79 Å². The summed E-state index contributed by atoms with van der Waals surface area (Å²) in [6.45, 7) is 3.73. The maximum Gasteiger partial charge on any atom is 0.337 e. The summed E-state index contributed by atoms with van der Waals surface area (Å²) in [5.74, 6) is -0.577. The van der Waals surface area contributed by atoms with Gasteiger partial charge >= 0.3 is 5.97 Å². The monoisotopic (exact) mass is 409 g/mol. The number of anilines is 1. The average Bonchev–Trinajstić information content (AvgIpc) is 2.72. The molecular weight excluding hydrogens is 386 g/mol. The molecule has 7 heteroatoms. The Balaban J connectivity index is 1.85. The van der Waals surface area contributed by atoms with Gasteiger partial charge in [0.05, 0.1) is 18.7 Å². The second kappa shape index (κ2) is 8.45. The molecule has 2 N–H and O–H groups in total. The van der Waals surface area contributed by atoms with Crippen molar-refractivity contribution in [2.75, 3.05) is 19.5 Å². The van der Waals surface area contributed by atoms with Crippen molar-refractivity contribution in [3.63, 3.8) is 0 Å². The molecule has 0 bridgehead atoms. The van der Waals surface area contributed by atoms with E-state index in [1.54, 1.807) is 30.1 Å². The van der Waals surface area contributed by atoms with Crippen LogP contribution in [0.5, 0.6) is 0 Å². The largest absolute Gasteiger partial charge is 0.466 e. The number of amides is 1. The molecule has 0 spiro atoms. The fraction of sp³-hybridized carbons (Fsp3) is 0.227. The molecule has 0 saturated carbocycles. The van der Waals surface area contributed by atoms with Crippen LogP contribution in [-0.2, 0) is 9.53 Å². The Bertz CT molecular complexity index is 999. The summed E-state index contributed by atoms with van der Waals surface area (Å²) in [6.07, 6.45) is 0. The summed E-state index contributed by atoms with van der Waals surface area (Å²) >= 11 is 5.38. The van der Waals surface area contributed by atoms with E-state index in [-0.39, 0.29) is 5.91 Å². The van der Waals surface area contributed by atoms with Crippen molar-refractivity contribution in [2.45, 2.75) is 19.9 Å². The summed E-state index contributed by atoms with van der Waals surface area (Å²) in [5, 5.41) is 6.61. The molecular formula is C22H23N3O3S. The van der Waals surface area contributed by atoms with Crippen LogP contribution in [-0.4, -0.2) is 36.0 Å². The van der Waals surface area contributed by atoms with E-state index in [0.717, 1.165) is 16.8 Å². The van der Waals surface area contributed by atoms with Crippen LogP contribution in [0.2, 0.25) is 0 Å². The van der Waals surface area contributed by atoms with Crippen LogP contribution in [0.4, 0.5) is 5.69 Å². The van der Waals surface area contributed by atoms with Gasteiger partial charge in [0.25, 0.3) is 5.91 Å². The molecule has 1 aliphatic heterocycles. The number of hydrogen-bond donors (Lipinski definition) is 2. The number of carbonyl (C=O) groups excluding carboxylic acids is 2. The van der Waals surface area contributed by atoms with E-state index in [2.05, 4.69) is 10.6 Å². The van der Waals surface area contributed by atoms with Gasteiger partial charge < -0.3 is 20.3 Å². The lowest BCUT2D eigenvalue weighted by Crippen LogP contribution is -2.46. The summed E-state index contributed by atoms with van der Waals surface area (Å²) in [4.78, 5) is 26.6. The van der Waals surface area contributed by atoms with Gasteiger partial charge in [-0.25, -0.2) is 4.79 Å². The van der Waals surface area contributed by atoms with Gasteiger partial charge in [0.1, 0.15) is 0 Å². The molecule has 1 aliphatic rings. The van der Waals surface area contributed by atoms with Crippen LogP contribution >= 0.6 is 12.2 Å². The van der Waals surface area contributed by atoms with Crippen LogP contribution in [0.3, 0.4) is 0 Å². The molecule has 0 fully saturated rings. The molecule has 3 rings (SSSR count). The Morgan fingerprint density at radius 1 is 1.10 bits per heavy atom. The van der Waals surface area contributed by atoms with E-state index < -0.39 is 12.0 Å². The predicted molar refractivity (Wildman–Crippen MR) is 117 cm³/mol. The van der Waals surface area contributed by atoms with Gasteiger partial charge in [0, 0.05) is 24.0 Å². The predicted octanol–water partition coefficient (Wildman–Crippen LogP) is 3.56. The van der Waals surface area contributed by atoms with Crippen molar-refractivity contribution in [2.24, 2.45) is 0 Å². The third kappa shape index (κ3) is 4.14. The third-order valence-corrected chi connectivity index (χ3v) is 5.44. The first-order valence-electron chi connectivity index (χ1n) is 9.13. The van der Waals surface area contributed by atoms with Gasteiger partial charge in [-0.15, -0.1) is 0 Å². The normalized spacial score (nSPS) is 16.3. The van der Waals surface area contributed by atoms with Crippen molar-refractivity contribution in [3.8, 4) is 0 Å². The molecule has 1 heterocycles. The smallest absolute Gasteiger partial charge is 0.337 e. The van der Waals surface area contributed by atoms with E-state index in [4.69, 9.17) is 17.0 Å². The minimum Gasteiger partial charge on any atom is -0.466 e. The fourth-order valence-corrected chi connectivity index (χ4v) is 3.50. The summed E-state index contributed by atoms with van der Waals surface area (Å²) in [6, 6.07) is 14.3. The van der Waals surface area contributed by atoms with E-state index in [1.807, 2.05) is 44.2 Å². The number of methoxy groups -OCH3 is 1. The quantitative estimate of drug-likeness (QED) is 0.594. The Morgan fingerprint density at radius 2 is 1.76 bits per heavy atom. The molecule has 0 aliphatic carbocycles. The van der Waals surface area contributed by atoms with E-state index in [1.165, 1.54) is 7.11 Å². The van der Waals surface area contributed by atoms with Crippen molar-refractivity contribution >= 4 is 34.9 Å². The molecule has 0 radical (unpaired) electrons. The number of rotatable bonds is 4. The molecule has 150 valence electrons. The molecule has 2 aromatic carbocycles. The van der Waals surface area contributed by atoms with Crippen LogP contribution < -0.4 is 10.6 Å². The van der Waals surface area contributed by atoms with E-state index in [9.17, 15) is 9.59 Å². The Morgan fingerprint density at radius 3 is 2.38 bits per heavy atom. The number of hydrogen-bond acceptors (Lipinski definition) is 4. The van der Waals surface area contributed by atoms with Crippen LogP contribution in [0.1, 0.15) is 34.5 Å². The van der Waals surface area contributed by atoms with Crippen molar-refractivity contribution < 1.29 is 14.3 Å². The first-order chi connectivity index (χ1) is 13.8. The minimum atomic E-state index is -0.424. The summed E-state index contributed by atoms with van der Waals surface area (Å²) < 4.78 is 4.97. The number of esters is 1. The van der Waals surface area contributed by atoms with E-state index in [0.29, 0.717) is 21.9 Å². The summed E-state index contributed by atoms with van der Waals surface area (Å²) in [7, 11) is 3.16. The topological polar surface area (TPSA) is 70.7 Å². The van der Waals surface area contributed by atoms with Gasteiger partial charge in [0.2, 0.25) is 0 Å². The highest BCUT2D eigenvalue weighted by molar-refractivity contribution is 7.80. The Labute approximate surface area is 175 Å². The maximum atomic E-state index is 12.5. The van der Waals surface area contributed by atoms with Crippen LogP contribution in [0.15, 0.2) is 59.8 Å².